The van der Waals surface area contributed by atoms with Gasteiger partial charge in [0.05, 0.1) is 40.7 Å². The minimum absolute atomic E-state index is 0.239. The zero-order valence-electron chi connectivity index (χ0n) is 17.4. The Morgan fingerprint density at radius 2 is 1.60 bits per heavy atom. The molecule has 2 aromatic carbocycles. The highest BCUT2D eigenvalue weighted by atomic mass is 16.5. The minimum Gasteiger partial charge on any atom is -0.493 e. The van der Waals surface area contributed by atoms with E-state index in [1.165, 1.54) is 26.5 Å². The summed E-state index contributed by atoms with van der Waals surface area (Å²) in [7, 11) is 4.53. The second kappa shape index (κ2) is 11.3. The van der Waals surface area contributed by atoms with Crippen molar-refractivity contribution in [3.8, 4) is 23.0 Å². The first-order valence-electron chi connectivity index (χ1n) is 9.15. The van der Waals surface area contributed by atoms with E-state index in [1.807, 2.05) is 6.92 Å². The number of ether oxygens (including phenoxy) is 4. The Kier molecular flexibility index (Phi) is 8.49. The van der Waals surface area contributed by atoms with Crippen molar-refractivity contribution < 1.29 is 28.5 Å². The van der Waals surface area contributed by atoms with Crippen molar-refractivity contribution in [3.63, 3.8) is 0 Å². The average molecular weight is 415 g/mol. The highest BCUT2D eigenvalue weighted by Gasteiger charge is 2.11. The molecule has 0 aliphatic rings. The quantitative estimate of drug-likeness (QED) is 0.454. The number of rotatable bonds is 10. The van der Waals surface area contributed by atoms with Crippen molar-refractivity contribution >= 4 is 18.0 Å². The van der Waals surface area contributed by atoms with Gasteiger partial charge in [0, 0.05) is 5.56 Å². The van der Waals surface area contributed by atoms with E-state index in [2.05, 4.69) is 15.8 Å². The first kappa shape index (κ1) is 22.5. The molecule has 0 aliphatic heterocycles. The summed E-state index contributed by atoms with van der Waals surface area (Å²) in [6.45, 7) is 2.17. The molecule has 0 aliphatic carbocycles. The van der Waals surface area contributed by atoms with E-state index < -0.39 is 11.8 Å². The maximum Gasteiger partial charge on any atom is 0.259 e. The van der Waals surface area contributed by atoms with Crippen molar-refractivity contribution in [2.75, 3.05) is 34.5 Å². The van der Waals surface area contributed by atoms with Crippen LogP contribution in [0.2, 0.25) is 0 Å². The van der Waals surface area contributed by atoms with E-state index in [0.29, 0.717) is 40.7 Å². The fourth-order valence-corrected chi connectivity index (χ4v) is 2.50. The molecule has 0 saturated carbocycles. The summed E-state index contributed by atoms with van der Waals surface area (Å²) < 4.78 is 21.0. The largest absolute Gasteiger partial charge is 0.493 e. The number of nitrogens with zero attached hydrogens (tertiary/aromatic N) is 1. The van der Waals surface area contributed by atoms with Crippen LogP contribution in [0.5, 0.6) is 23.0 Å². The monoisotopic (exact) mass is 415 g/mol. The van der Waals surface area contributed by atoms with Crippen molar-refractivity contribution in [2.24, 2.45) is 5.10 Å². The number of carbonyl (C=O) groups is 2. The number of benzene rings is 2. The normalized spacial score (nSPS) is 10.4. The molecule has 2 aromatic rings. The highest BCUT2D eigenvalue weighted by molar-refractivity contribution is 5.97. The molecule has 0 unspecified atom stereocenters. The Morgan fingerprint density at radius 1 is 0.933 bits per heavy atom. The summed E-state index contributed by atoms with van der Waals surface area (Å²) in [5.41, 5.74) is 3.41. The molecule has 0 heterocycles. The van der Waals surface area contributed by atoms with Crippen molar-refractivity contribution in [1.29, 1.82) is 0 Å². The lowest BCUT2D eigenvalue weighted by Gasteiger charge is -2.10. The van der Waals surface area contributed by atoms with Gasteiger partial charge in [0.1, 0.15) is 0 Å². The molecule has 0 spiro atoms. The SMILES string of the molecule is CCOc1ccc(/C=N/NC(=O)CNC(=O)c2ccc(OC)c(OC)c2)cc1OC. The molecule has 0 atom stereocenters. The lowest BCUT2D eigenvalue weighted by Crippen LogP contribution is -2.34. The summed E-state index contributed by atoms with van der Waals surface area (Å²) in [5.74, 6) is 1.22. The smallest absolute Gasteiger partial charge is 0.259 e. The van der Waals surface area contributed by atoms with E-state index in [4.69, 9.17) is 18.9 Å². The van der Waals surface area contributed by atoms with Gasteiger partial charge >= 0.3 is 0 Å². The van der Waals surface area contributed by atoms with E-state index in [9.17, 15) is 9.59 Å². The fraction of sp³-hybridized carbons (Fsp3) is 0.286. The van der Waals surface area contributed by atoms with Crippen LogP contribution in [0.1, 0.15) is 22.8 Å². The van der Waals surface area contributed by atoms with Gasteiger partial charge in [0.2, 0.25) is 0 Å². The van der Waals surface area contributed by atoms with Gasteiger partial charge < -0.3 is 24.3 Å². The molecular formula is C21H25N3O6. The molecule has 2 amide bonds. The fourth-order valence-electron chi connectivity index (χ4n) is 2.50. The second-order valence-electron chi connectivity index (χ2n) is 5.89. The van der Waals surface area contributed by atoms with E-state index in [0.717, 1.165) is 0 Å². The van der Waals surface area contributed by atoms with Gasteiger partial charge in [0.25, 0.3) is 11.8 Å². The van der Waals surface area contributed by atoms with Crippen molar-refractivity contribution in [1.82, 2.24) is 10.7 Å². The van der Waals surface area contributed by atoms with Gasteiger partial charge in [-0.1, -0.05) is 0 Å². The van der Waals surface area contributed by atoms with E-state index in [-0.39, 0.29) is 6.54 Å². The van der Waals surface area contributed by atoms with Crippen LogP contribution in [0.25, 0.3) is 0 Å². The summed E-state index contributed by atoms with van der Waals surface area (Å²) in [6.07, 6.45) is 1.46. The molecule has 2 N–H and O–H groups in total. The Bertz CT molecular complexity index is 914. The summed E-state index contributed by atoms with van der Waals surface area (Å²) >= 11 is 0. The number of hydrogen-bond acceptors (Lipinski definition) is 7. The van der Waals surface area contributed by atoms with Crippen LogP contribution in [0.4, 0.5) is 0 Å². The van der Waals surface area contributed by atoms with Crippen molar-refractivity contribution in [3.05, 3.63) is 47.5 Å². The zero-order valence-corrected chi connectivity index (χ0v) is 17.4. The molecule has 0 fully saturated rings. The van der Waals surface area contributed by atoms with Gasteiger partial charge in [-0.2, -0.15) is 5.10 Å². The van der Waals surface area contributed by atoms with Gasteiger partial charge in [0.15, 0.2) is 23.0 Å². The van der Waals surface area contributed by atoms with Crippen LogP contribution in [0.15, 0.2) is 41.5 Å². The highest BCUT2D eigenvalue weighted by Crippen LogP contribution is 2.28. The Hall–Kier alpha value is -3.75. The first-order valence-corrected chi connectivity index (χ1v) is 9.15. The zero-order chi connectivity index (χ0) is 21.9. The van der Waals surface area contributed by atoms with Crippen LogP contribution in [0.3, 0.4) is 0 Å². The van der Waals surface area contributed by atoms with Crippen LogP contribution >= 0.6 is 0 Å². The van der Waals surface area contributed by atoms with Crippen LogP contribution in [-0.4, -0.2) is 52.5 Å². The molecule has 30 heavy (non-hydrogen) atoms. The molecule has 9 heteroatoms. The molecule has 0 bridgehead atoms. The van der Waals surface area contributed by atoms with Crippen LogP contribution in [0, 0.1) is 0 Å². The number of hydrogen-bond donors (Lipinski definition) is 2. The molecule has 160 valence electrons. The number of hydrazone groups is 1. The summed E-state index contributed by atoms with van der Waals surface area (Å²) in [4.78, 5) is 24.1. The van der Waals surface area contributed by atoms with Crippen molar-refractivity contribution in [2.45, 2.75) is 6.92 Å². The predicted molar refractivity (Wildman–Crippen MR) is 112 cm³/mol. The lowest BCUT2D eigenvalue weighted by molar-refractivity contribution is -0.120. The van der Waals surface area contributed by atoms with Gasteiger partial charge in [-0.15, -0.1) is 0 Å². The third kappa shape index (κ3) is 6.13. The van der Waals surface area contributed by atoms with Gasteiger partial charge in [-0.25, -0.2) is 5.43 Å². The third-order valence-electron chi connectivity index (χ3n) is 3.95. The summed E-state index contributed by atoms with van der Waals surface area (Å²) in [5, 5.41) is 6.40. The first-order chi connectivity index (χ1) is 14.5. The molecule has 0 saturated heterocycles. The molecule has 0 radical (unpaired) electrons. The lowest BCUT2D eigenvalue weighted by atomic mass is 10.2. The standard InChI is InChI=1S/C21H25N3O6/c1-5-30-17-8-6-14(10-18(17)28-3)12-23-24-20(25)13-22-21(26)15-7-9-16(27-2)19(11-15)29-4/h6-12H,5,13H2,1-4H3,(H,22,26)(H,24,25)/b23-12+. The van der Waals surface area contributed by atoms with Gasteiger partial charge in [-0.05, 0) is 48.9 Å². The topological polar surface area (TPSA) is 107 Å². The minimum atomic E-state index is -0.474. The van der Waals surface area contributed by atoms with E-state index in [1.54, 1.807) is 37.4 Å². The number of amides is 2. The molecular weight excluding hydrogens is 390 g/mol. The third-order valence-corrected chi connectivity index (χ3v) is 3.95. The predicted octanol–water partition coefficient (Wildman–Crippen LogP) is 1.99. The average Bonchev–Trinajstić information content (AvgIpc) is 2.77. The number of methoxy groups -OCH3 is 3. The molecule has 0 aromatic heterocycles. The maximum atomic E-state index is 12.2. The van der Waals surface area contributed by atoms with E-state index >= 15 is 0 Å². The molecule has 9 nitrogen and oxygen atoms in total. The number of carbonyl (C=O) groups excluding carboxylic acids is 2. The Balaban J connectivity index is 1.88. The summed E-state index contributed by atoms with van der Waals surface area (Å²) in [6, 6.07) is 10.00. The Labute approximate surface area is 175 Å². The Morgan fingerprint density at radius 3 is 2.27 bits per heavy atom. The molecule has 2 rings (SSSR count). The van der Waals surface area contributed by atoms with Crippen LogP contribution < -0.4 is 29.7 Å². The number of nitrogens with one attached hydrogen (secondary N) is 2. The van der Waals surface area contributed by atoms with Crippen LogP contribution in [-0.2, 0) is 4.79 Å². The maximum absolute atomic E-state index is 12.2. The van der Waals surface area contributed by atoms with Gasteiger partial charge in [-0.3, -0.25) is 9.59 Å². The second-order valence-corrected chi connectivity index (χ2v) is 5.89.